The number of aliphatic carboxylic acids is 4. The Hall–Kier alpha value is -7.59. The van der Waals surface area contributed by atoms with E-state index >= 15 is 0 Å². The van der Waals surface area contributed by atoms with E-state index < -0.39 is 58.3 Å². The van der Waals surface area contributed by atoms with Crippen LogP contribution in [0.4, 0.5) is 0 Å². The van der Waals surface area contributed by atoms with Crippen molar-refractivity contribution in [2.24, 2.45) is 0 Å². The zero-order chi connectivity index (χ0) is 69.0. The monoisotopic (exact) mass is 1350 g/mol. The van der Waals surface area contributed by atoms with Gasteiger partial charge in [0.2, 0.25) is 27.7 Å². The largest absolute Gasteiger partial charge is 0.494 e. The number of amides is 4. The minimum Gasteiger partial charge on any atom is -0.494 e. The van der Waals surface area contributed by atoms with Crippen molar-refractivity contribution in [1.82, 2.24) is 50.6 Å². The van der Waals surface area contributed by atoms with Crippen LogP contribution in [0.25, 0.3) is 0 Å². The van der Waals surface area contributed by atoms with Crippen molar-refractivity contribution in [3.8, 4) is 5.75 Å². The topological polar surface area (TPSA) is 401 Å². The highest BCUT2D eigenvalue weighted by Crippen LogP contribution is 2.27. The summed E-state index contributed by atoms with van der Waals surface area (Å²) in [7, 11) is -4.39. The number of carbonyl (C=O) groups excluding carboxylic acids is 5. The van der Waals surface area contributed by atoms with Crippen molar-refractivity contribution >= 4 is 63.3 Å². The first-order chi connectivity index (χ1) is 45.5. The maximum atomic E-state index is 13.6. The van der Waals surface area contributed by atoms with Crippen LogP contribution in [0.2, 0.25) is 0 Å². The summed E-state index contributed by atoms with van der Waals surface area (Å²) >= 11 is 0. The Kier molecular flexibility index (Phi) is 35.2. The number of sulfonamides is 1. The Morgan fingerprint density at radius 1 is 0.547 bits per heavy atom. The molecule has 0 bridgehead atoms. The second kappa shape index (κ2) is 42.8. The number of pyridine rings is 1. The van der Waals surface area contributed by atoms with Crippen LogP contribution in [-0.4, -0.2) is 277 Å². The van der Waals surface area contributed by atoms with Crippen LogP contribution in [-0.2, 0) is 93.0 Å². The smallest absolute Gasteiger partial charge is 0.323 e. The molecule has 1 aliphatic heterocycles. The standard InChI is InChI=1S/C64H94N10O20S/c1-46-37-53(38-47(2)62(46)95(88,89)70-55(64(86)87)39-68-63(85)50-14-11-48(12-15-50)13-17-51-18-16-49-7-3-4-9-54(49)69-51)94-31-6-10-56(76)65-19-20-66-57(77)44-93-36-34-91-32-21-67-58(78)45-92-35-33-90-30-5-8-52(75)40-71-22-24-72(41-59(79)80)26-28-74(43-61(83)84)29-27-73(25-23-71)42-60(81)82/h11-12,14-16,18,37-38,55,70H,3-10,13,17,19-36,39-45H2,1-2H3,(H,65,76)(H,66,77)(H,67,78)(H,68,85)(H,79,80)(H,81,82)(H,83,84)(H,86,87). The molecule has 31 heteroatoms. The van der Waals surface area contributed by atoms with Gasteiger partial charge in [-0.2, -0.15) is 4.72 Å². The summed E-state index contributed by atoms with van der Waals surface area (Å²) in [6.07, 6.45) is 6.95. The molecule has 1 saturated heterocycles. The van der Waals surface area contributed by atoms with Crippen molar-refractivity contribution in [2.45, 2.75) is 89.0 Å². The Morgan fingerprint density at radius 3 is 1.61 bits per heavy atom. The molecule has 4 amide bonds. The normalized spacial score (nSPS) is 14.9. The van der Waals surface area contributed by atoms with Gasteiger partial charge in [-0.3, -0.25) is 67.7 Å². The molecule has 3 aromatic rings. The summed E-state index contributed by atoms with van der Waals surface area (Å²) < 4.78 is 56.9. The number of ether oxygens (including phenoxy) is 5. The third-order valence-corrected chi connectivity index (χ3v) is 17.2. The molecular formula is C64H94N10O20S. The van der Waals surface area contributed by atoms with E-state index in [1.807, 2.05) is 17.0 Å². The van der Waals surface area contributed by atoms with E-state index in [9.17, 15) is 72.0 Å². The van der Waals surface area contributed by atoms with Gasteiger partial charge in [0, 0.05) is 115 Å². The van der Waals surface area contributed by atoms with E-state index in [0.29, 0.717) is 50.3 Å². The van der Waals surface area contributed by atoms with Gasteiger partial charge in [0.1, 0.15) is 30.8 Å². The van der Waals surface area contributed by atoms with Gasteiger partial charge in [-0.1, -0.05) is 18.2 Å². The fourth-order valence-corrected chi connectivity index (χ4v) is 12.2. The second-order valence-corrected chi connectivity index (χ2v) is 24.8. The highest BCUT2D eigenvalue weighted by molar-refractivity contribution is 7.89. The van der Waals surface area contributed by atoms with Crippen molar-refractivity contribution in [3.63, 3.8) is 0 Å². The molecule has 1 fully saturated rings. The van der Waals surface area contributed by atoms with E-state index in [1.165, 1.54) is 29.8 Å². The molecule has 95 heavy (non-hydrogen) atoms. The van der Waals surface area contributed by atoms with Crippen molar-refractivity contribution < 1.29 is 95.7 Å². The molecule has 0 radical (unpaired) electrons. The molecule has 1 aromatic heterocycles. The molecule has 2 aliphatic rings. The molecule has 1 atom stereocenters. The van der Waals surface area contributed by atoms with Gasteiger partial charge in [-0.25, -0.2) is 8.42 Å². The number of aryl methyl sites for hydroxylation is 6. The third-order valence-electron chi connectivity index (χ3n) is 15.4. The van der Waals surface area contributed by atoms with Crippen molar-refractivity contribution in [2.75, 3.05) is 164 Å². The number of nitrogens with zero attached hydrogens (tertiary/aromatic N) is 5. The molecule has 0 saturated carbocycles. The Balaban J connectivity index is 0.835. The van der Waals surface area contributed by atoms with Gasteiger partial charge in [0.25, 0.3) is 5.91 Å². The Labute approximate surface area is 554 Å². The van der Waals surface area contributed by atoms with Gasteiger partial charge in [-0.15, -0.1) is 0 Å². The summed E-state index contributed by atoms with van der Waals surface area (Å²) in [6.45, 7) is 5.52. The number of rotatable bonds is 43. The first kappa shape index (κ1) is 78.1. The molecule has 1 unspecified atom stereocenters. The van der Waals surface area contributed by atoms with Gasteiger partial charge in [0.15, 0.2) is 0 Å². The average Bonchev–Trinajstić information content (AvgIpc) is 0.798. The summed E-state index contributed by atoms with van der Waals surface area (Å²) in [5.74, 6) is -5.92. The van der Waals surface area contributed by atoms with Gasteiger partial charge < -0.3 is 65.4 Å². The first-order valence-electron chi connectivity index (χ1n) is 32.0. The number of fused-ring (bicyclic) bond motifs is 1. The molecule has 2 heterocycles. The number of carbonyl (C=O) groups is 9. The number of carboxylic acid groups (broad SMARTS) is 4. The van der Waals surface area contributed by atoms with Crippen LogP contribution in [0.3, 0.4) is 0 Å². The van der Waals surface area contributed by atoms with Crippen LogP contribution in [0.1, 0.15) is 82.5 Å². The van der Waals surface area contributed by atoms with Crippen LogP contribution in [0, 0.1) is 13.8 Å². The predicted octanol–water partition coefficient (Wildman–Crippen LogP) is -0.0774. The minimum absolute atomic E-state index is 0.0689. The SMILES string of the molecule is Cc1cc(OCCCC(=O)NCCNC(=O)COCCOCCNC(=O)COCCOCCCC(=O)CN2CCN(CC(=O)O)CCN(CC(=O)O)CCN(CC(=O)O)CC2)cc(C)c1S(=O)(=O)NC(CNC(=O)c1ccc(CCc2ccc3c(n2)CCCC3)cc1)C(=O)O. The van der Waals surface area contributed by atoms with Gasteiger partial charge >= 0.3 is 23.9 Å². The molecular weight excluding hydrogens is 1260 g/mol. The van der Waals surface area contributed by atoms with E-state index in [4.69, 9.17) is 28.7 Å². The summed E-state index contributed by atoms with van der Waals surface area (Å²) in [5, 5.41) is 48.7. The van der Waals surface area contributed by atoms with Crippen LogP contribution >= 0.6 is 0 Å². The van der Waals surface area contributed by atoms with Crippen LogP contribution in [0.15, 0.2) is 53.4 Å². The van der Waals surface area contributed by atoms with Crippen molar-refractivity contribution in [1.29, 1.82) is 0 Å². The fraction of sp³-hybridized carbons (Fsp3) is 0.594. The zero-order valence-electron chi connectivity index (χ0n) is 54.4. The number of hydrogen-bond donors (Lipinski definition) is 9. The highest BCUT2D eigenvalue weighted by Gasteiger charge is 2.29. The summed E-state index contributed by atoms with van der Waals surface area (Å²) in [6, 6.07) is 12.5. The molecule has 526 valence electrons. The van der Waals surface area contributed by atoms with Crippen LogP contribution < -0.4 is 30.7 Å². The fourth-order valence-electron chi connectivity index (χ4n) is 10.5. The van der Waals surface area contributed by atoms with Gasteiger partial charge in [0.05, 0.1) is 70.7 Å². The zero-order valence-corrected chi connectivity index (χ0v) is 55.2. The molecule has 9 N–H and O–H groups in total. The Morgan fingerprint density at radius 2 is 1.05 bits per heavy atom. The number of carboxylic acids is 4. The lowest BCUT2D eigenvalue weighted by molar-refractivity contribution is -0.140. The van der Waals surface area contributed by atoms with E-state index in [0.717, 1.165) is 43.4 Å². The Bertz CT molecular complexity index is 3050. The lowest BCUT2D eigenvalue weighted by Gasteiger charge is -2.32. The lowest BCUT2D eigenvalue weighted by atomic mass is 9.95. The van der Waals surface area contributed by atoms with Crippen molar-refractivity contribution in [3.05, 3.63) is 87.7 Å². The number of Topliss-reactive ketones (excluding diaryl/α,β-unsaturated/α-hetero) is 1. The molecule has 1 aliphatic carbocycles. The first-order valence-corrected chi connectivity index (χ1v) is 33.5. The van der Waals surface area contributed by atoms with E-state index in [2.05, 4.69) is 38.1 Å². The maximum absolute atomic E-state index is 13.6. The minimum atomic E-state index is -4.39. The molecule has 30 nitrogen and oxygen atoms in total. The number of aromatic nitrogens is 1. The summed E-state index contributed by atoms with van der Waals surface area (Å²) in [5.41, 5.74) is 5.40. The molecule has 5 rings (SSSR count). The second-order valence-electron chi connectivity index (χ2n) is 23.2. The summed E-state index contributed by atoms with van der Waals surface area (Å²) in [4.78, 5) is 121. The van der Waals surface area contributed by atoms with Gasteiger partial charge in [-0.05, 0) is 118 Å². The highest BCUT2D eigenvalue weighted by atomic mass is 32.2. The quantitative estimate of drug-likeness (QED) is 0.0335. The average molecular weight is 1360 g/mol. The lowest BCUT2D eigenvalue weighted by Crippen LogP contribution is -2.49. The predicted molar refractivity (Wildman–Crippen MR) is 345 cm³/mol. The van der Waals surface area contributed by atoms with E-state index in [1.54, 1.807) is 40.7 Å². The maximum Gasteiger partial charge on any atom is 0.323 e. The number of ketones is 1. The third kappa shape index (κ3) is 31.7. The molecule has 2 aromatic carbocycles. The number of benzene rings is 2. The van der Waals surface area contributed by atoms with Crippen LogP contribution in [0.5, 0.6) is 5.75 Å². The number of hydrogen-bond acceptors (Lipinski definition) is 21. The molecule has 0 spiro atoms. The van der Waals surface area contributed by atoms with E-state index in [-0.39, 0.29) is 178 Å². The number of nitrogens with one attached hydrogen (secondary N) is 5.